The van der Waals surface area contributed by atoms with Crippen LogP contribution < -0.4 is 4.74 Å². The Balaban J connectivity index is 0.000000858. The molecular weight excluding hydrogens is 394 g/mol. The molecule has 0 radical (unpaired) electrons. The van der Waals surface area contributed by atoms with Gasteiger partial charge in [0.15, 0.2) is 0 Å². The van der Waals surface area contributed by atoms with Crippen LogP contribution in [0, 0.1) is 6.92 Å². The molecule has 0 amide bonds. The van der Waals surface area contributed by atoms with Crippen LogP contribution in [0.25, 0.3) is 22.2 Å². The van der Waals surface area contributed by atoms with E-state index in [0.717, 1.165) is 45.6 Å². The van der Waals surface area contributed by atoms with Gasteiger partial charge in [-0.05, 0) is 49.2 Å². The zero-order valence-electron chi connectivity index (χ0n) is 17.5. The van der Waals surface area contributed by atoms with Crippen molar-refractivity contribution in [3.8, 4) is 17.0 Å². The molecule has 0 aliphatic rings. The monoisotopic (exact) mass is 419 g/mol. The van der Waals surface area contributed by atoms with Crippen LogP contribution in [-0.4, -0.2) is 37.8 Å². The molecule has 7 heteroatoms. The highest BCUT2D eigenvalue weighted by atomic mass is 16.5. The lowest BCUT2D eigenvalue weighted by Crippen LogP contribution is -2.07. The maximum absolute atomic E-state index is 9.90. The first-order chi connectivity index (χ1) is 15.0. The minimum Gasteiger partial charge on any atom is -0.491 e. The summed E-state index contributed by atoms with van der Waals surface area (Å²) in [6, 6.07) is 16.0. The molecule has 0 saturated carbocycles. The molecule has 4 rings (SSSR count). The molecule has 0 saturated heterocycles. The Bertz CT molecular complexity index is 1140. The number of rotatable bonds is 6. The van der Waals surface area contributed by atoms with Gasteiger partial charge in [-0.25, -0.2) is 9.97 Å². The smallest absolute Gasteiger partial charge is 0.290 e. The van der Waals surface area contributed by atoms with Crippen molar-refractivity contribution in [1.82, 2.24) is 14.5 Å². The summed E-state index contributed by atoms with van der Waals surface area (Å²) < 4.78 is 8.03. The van der Waals surface area contributed by atoms with Crippen LogP contribution in [-0.2, 0) is 11.3 Å². The maximum Gasteiger partial charge on any atom is 0.290 e. The number of carbonyl (C=O) groups is 1. The predicted molar refractivity (Wildman–Crippen MR) is 119 cm³/mol. The summed E-state index contributed by atoms with van der Waals surface area (Å²) in [6.07, 6.45) is 4.94. The number of aliphatic hydroxyl groups is 1. The fraction of sp³-hybridized carbons (Fsp3) is 0.208. The molecule has 2 aromatic carbocycles. The number of pyridine rings is 1. The molecule has 1 atom stereocenters. The predicted octanol–water partition coefficient (Wildman–Crippen LogP) is 4.24. The third kappa shape index (κ3) is 5.46. The Labute approximate surface area is 180 Å². The highest BCUT2D eigenvalue weighted by Crippen LogP contribution is 2.32. The largest absolute Gasteiger partial charge is 0.491 e. The van der Waals surface area contributed by atoms with Crippen LogP contribution in [0.15, 0.2) is 67.3 Å². The standard InChI is InChI=1S/C23H23N3O2.CH2O2/c1-16-13-21(25-22-14-18(17(2)27)7-8-19(16)22)20-5-3-4-6-23(20)28-12-11-26-10-9-24-15-26;2-1-3/h3-10,13-15,17,27H,11-12H2,1-2H3;1H,(H,2,3). The van der Waals surface area contributed by atoms with Crippen molar-refractivity contribution in [1.29, 1.82) is 0 Å². The van der Waals surface area contributed by atoms with Crippen LogP contribution in [0.2, 0.25) is 0 Å². The number of para-hydroxylation sites is 1. The molecule has 0 spiro atoms. The first-order valence-corrected chi connectivity index (χ1v) is 9.88. The summed E-state index contributed by atoms with van der Waals surface area (Å²) in [7, 11) is 0. The average Bonchev–Trinajstić information content (AvgIpc) is 3.28. The Morgan fingerprint density at radius 3 is 2.68 bits per heavy atom. The first kappa shape index (κ1) is 22.0. The van der Waals surface area contributed by atoms with Gasteiger partial charge in [0.1, 0.15) is 12.4 Å². The molecule has 2 N–H and O–H groups in total. The van der Waals surface area contributed by atoms with Gasteiger partial charge in [0.2, 0.25) is 0 Å². The molecule has 160 valence electrons. The minimum atomic E-state index is -0.519. The third-order valence-electron chi connectivity index (χ3n) is 4.85. The van der Waals surface area contributed by atoms with Gasteiger partial charge in [0.25, 0.3) is 6.47 Å². The van der Waals surface area contributed by atoms with E-state index in [4.69, 9.17) is 19.6 Å². The topological polar surface area (TPSA) is 97.5 Å². The molecule has 0 fully saturated rings. The summed E-state index contributed by atoms with van der Waals surface area (Å²) in [5, 5.41) is 17.9. The van der Waals surface area contributed by atoms with E-state index >= 15 is 0 Å². The lowest BCUT2D eigenvalue weighted by molar-refractivity contribution is -0.122. The maximum atomic E-state index is 9.90. The normalized spacial score (nSPS) is 11.5. The summed E-state index contributed by atoms with van der Waals surface area (Å²) >= 11 is 0. The Kier molecular flexibility index (Phi) is 7.35. The molecule has 4 aromatic rings. The highest BCUT2D eigenvalue weighted by Gasteiger charge is 2.11. The molecule has 1 unspecified atom stereocenters. The fourth-order valence-corrected chi connectivity index (χ4v) is 3.30. The van der Waals surface area contributed by atoms with E-state index in [1.165, 1.54) is 0 Å². The summed E-state index contributed by atoms with van der Waals surface area (Å²) in [5.74, 6) is 0.806. The van der Waals surface area contributed by atoms with Crippen LogP contribution in [0.4, 0.5) is 0 Å². The second-order valence-corrected chi connectivity index (χ2v) is 7.03. The molecule has 0 bridgehead atoms. The molecule has 0 aliphatic carbocycles. The Morgan fingerprint density at radius 1 is 1.19 bits per heavy atom. The second-order valence-electron chi connectivity index (χ2n) is 7.03. The molecule has 2 aromatic heterocycles. The number of benzene rings is 2. The van der Waals surface area contributed by atoms with E-state index in [-0.39, 0.29) is 6.47 Å². The molecular formula is C24H25N3O4. The van der Waals surface area contributed by atoms with Gasteiger partial charge in [-0.3, -0.25) is 4.79 Å². The van der Waals surface area contributed by atoms with E-state index in [1.54, 1.807) is 19.4 Å². The van der Waals surface area contributed by atoms with E-state index in [1.807, 2.05) is 53.2 Å². The zero-order chi connectivity index (χ0) is 22.2. The highest BCUT2D eigenvalue weighted by molar-refractivity contribution is 5.86. The number of imidazole rings is 1. The van der Waals surface area contributed by atoms with Crippen molar-refractivity contribution >= 4 is 17.4 Å². The van der Waals surface area contributed by atoms with Gasteiger partial charge in [-0.2, -0.15) is 0 Å². The van der Waals surface area contributed by atoms with Gasteiger partial charge in [-0.15, -0.1) is 0 Å². The summed E-state index contributed by atoms with van der Waals surface area (Å²) in [5.41, 5.74) is 4.71. The quantitative estimate of drug-likeness (QED) is 0.454. The number of hydrogen-bond donors (Lipinski definition) is 2. The van der Waals surface area contributed by atoms with Gasteiger partial charge in [0.05, 0.1) is 30.2 Å². The summed E-state index contributed by atoms with van der Waals surface area (Å²) in [6.45, 7) is 4.88. The fourth-order valence-electron chi connectivity index (χ4n) is 3.30. The molecule has 7 nitrogen and oxygen atoms in total. The zero-order valence-corrected chi connectivity index (χ0v) is 17.5. The number of aryl methyl sites for hydroxylation is 1. The van der Waals surface area contributed by atoms with Crippen molar-refractivity contribution in [3.05, 3.63) is 78.4 Å². The van der Waals surface area contributed by atoms with Crippen LogP contribution in [0.3, 0.4) is 0 Å². The van der Waals surface area contributed by atoms with Crippen molar-refractivity contribution in [2.45, 2.75) is 26.5 Å². The van der Waals surface area contributed by atoms with Gasteiger partial charge >= 0.3 is 0 Å². The number of aliphatic hydroxyl groups excluding tert-OH is 1. The third-order valence-corrected chi connectivity index (χ3v) is 4.85. The van der Waals surface area contributed by atoms with Gasteiger partial charge in [-0.1, -0.05) is 24.3 Å². The summed E-state index contributed by atoms with van der Waals surface area (Å²) in [4.78, 5) is 17.3. The number of hydrogen-bond acceptors (Lipinski definition) is 5. The minimum absolute atomic E-state index is 0.250. The SMILES string of the molecule is Cc1cc(-c2ccccc2OCCn2ccnc2)nc2cc(C(C)O)ccc12.O=CO. The van der Waals surface area contributed by atoms with Crippen molar-refractivity contribution in [3.63, 3.8) is 0 Å². The van der Waals surface area contributed by atoms with Crippen LogP contribution >= 0.6 is 0 Å². The average molecular weight is 419 g/mol. The van der Waals surface area contributed by atoms with E-state index in [0.29, 0.717) is 6.61 Å². The lowest BCUT2D eigenvalue weighted by Gasteiger charge is -2.14. The molecule has 0 aliphatic heterocycles. The number of carboxylic acid groups (broad SMARTS) is 1. The van der Waals surface area contributed by atoms with Crippen molar-refractivity contribution in [2.24, 2.45) is 0 Å². The van der Waals surface area contributed by atoms with E-state index in [2.05, 4.69) is 18.0 Å². The number of fused-ring (bicyclic) bond motifs is 1. The lowest BCUT2D eigenvalue weighted by atomic mass is 10.0. The Morgan fingerprint density at radius 2 is 1.97 bits per heavy atom. The van der Waals surface area contributed by atoms with Crippen molar-refractivity contribution < 1.29 is 19.7 Å². The Hall–Kier alpha value is -3.71. The van der Waals surface area contributed by atoms with E-state index in [9.17, 15) is 5.11 Å². The van der Waals surface area contributed by atoms with Crippen molar-refractivity contribution in [2.75, 3.05) is 6.61 Å². The number of nitrogens with zero attached hydrogens (tertiary/aromatic N) is 3. The van der Waals surface area contributed by atoms with Crippen LogP contribution in [0.5, 0.6) is 5.75 Å². The van der Waals surface area contributed by atoms with E-state index < -0.39 is 6.10 Å². The van der Waals surface area contributed by atoms with Gasteiger partial charge in [0, 0.05) is 23.3 Å². The number of aromatic nitrogens is 3. The molecule has 31 heavy (non-hydrogen) atoms. The first-order valence-electron chi connectivity index (χ1n) is 9.88. The molecule has 2 heterocycles. The number of ether oxygens (including phenoxy) is 1. The second kappa shape index (κ2) is 10.4. The van der Waals surface area contributed by atoms with Gasteiger partial charge < -0.3 is 19.5 Å². The van der Waals surface area contributed by atoms with Crippen LogP contribution in [0.1, 0.15) is 24.2 Å².